The fraction of sp³-hybridized carbons (Fsp3) is 0.571. The molecule has 4 rings (SSSR count). The van der Waals surface area contributed by atoms with Gasteiger partial charge in [0.05, 0.1) is 6.61 Å². The van der Waals surface area contributed by atoms with Gasteiger partial charge in [-0.2, -0.15) is 4.98 Å². The summed E-state index contributed by atoms with van der Waals surface area (Å²) in [6, 6.07) is 7.60. The Bertz CT molecular complexity index is 781. The van der Waals surface area contributed by atoms with Gasteiger partial charge >= 0.3 is 0 Å². The number of carbonyl (C=O) groups excluding carboxylic acids is 1. The Morgan fingerprint density at radius 2 is 1.90 bits per heavy atom. The van der Waals surface area contributed by atoms with Crippen LogP contribution in [0.3, 0.4) is 0 Å². The molecule has 2 aliphatic rings. The van der Waals surface area contributed by atoms with Crippen LogP contribution >= 0.6 is 12.4 Å². The molecule has 1 N–H and O–H groups in total. The van der Waals surface area contributed by atoms with Gasteiger partial charge in [0.15, 0.2) is 0 Å². The first-order valence-corrected chi connectivity index (χ1v) is 10.3. The number of halogens is 1. The molecule has 2 saturated heterocycles. The summed E-state index contributed by atoms with van der Waals surface area (Å²) in [6.07, 6.45) is 3.10. The fourth-order valence-corrected chi connectivity index (χ4v) is 4.18. The van der Waals surface area contributed by atoms with Gasteiger partial charge in [-0.1, -0.05) is 5.16 Å². The van der Waals surface area contributed by atoms with Gasteiger partial charge in [-0.3, -0.25) is 4.79 Å². The molecule has 0 radical (unpaired) electrons. The first-order chi connectivity index (χ1) is 13.7. The second-order valence-corrected chi connectivity index (χ2v) is 7.61. The van der Waals surface area contributed by atoms with E-state index in [1.807, 2.05) is 36.1 Å². The Hall–Kier alpha value is -2.12. The molecule has 2 aliphatic heterocycles. The summed E-state index contributed by atoms with van der Waals surface area (Å²) in [5, 5.41) is 7.52. The van der Waals surface area contributed by atoms with Crippen LogP contribution in [0, 0.1) is 11.8 Å². The number of benzene rings is 1. The van der Waals surface area contributed by atoms with Crippen LogP contribution in [0.1, 0.15) is 32.1 Å². The molecule has 0 bridgehead atoms. The van der Waals surface area contributed by atoms with Crippen molar-refractivity contribution < 1.29 is 14.1 Å². The van der Waals surface area contributed by atoms with Crippen molar-refractivity contribution in [3.63, 3.8) is 0 Å². The number of carbonyl (C=O) groups is 1. The first kappa shape index (κ1) is 21.6. The minimum atomic E-state index is 0. The second kappa shape index (κ2) is 10.1. The van der Waals surface area contributed by atoms with E-state index >= 15 is 0 Å². The molecule has 0 unspecified atom stereocenters. The largest absolute Gasteiger partial charge is 0.494 e. The van der Waals surface area contributed by atoms with Crippen molar-refractivity contribution in [2.45, 2.75) is 32.6 Å². The molecule has 0 saturated carbocycles. The highest BCUT2D eigenvalue weighted by molar-refractivity contribution is 5.85. The second-order valence-electron chi connectivity index (χ2n) is 7.61. The van der Waals surface area contributed by atoms with Crippen molar-refractivity contribution in [2.24, 2.45) is 11.8 Å². The summed E-state index contributed by atoms with van der Waals surface area (Å²) in [7, 11) is 0. The average Bonchev–Trinajstić information content (AvgIpc) is 3.33. The zero-order chi connectivity index (χ0) is 19.3. The third kappa shape index (κ3) is 5.28. The molecule has 29 heavy (non-hydrogen) atoms. The van der Waals surface area contributed by atoms with Crippen LogP contribution in [0.2, 0.25) is 0 Å². The standard InChI is InChI=1S/C21H28N4O3.ClH/c1-2-27-18-5-3-15(4-6-18)21-23-19(28-24-21)7-8-20(26)25-11-9-16-13-22-14-17(16)10-12-25;/h3-6,16-17,22H,2,7-14H2,1H3;1H/t16-,17+;. The number of aromatic nitrogens is 2. The molecule has 2 atom stereocenters. The summed E-state index contributed by atoms with van der Waals surface area (Å²) < 4.78 is 10.8. The lowest BCUT2D eigenvalue weighted by molar-refractivity contribution is -0.131. The summed E-state index contributed by atoms with van der Waals surface area (Å²) in [5.74, 6) is 3.51. The van der Waals surface area contributed by atoms with Crippen LogP contribution in [0.4, 0.5) is 0 Å². The van der Waals surface area contributed by atoms with Gasteiger partial charge < -0.3 is 19.5 Å². The highest BCUT2D eigenvalue weighted by Crippen LogP contribution is 2.27. The van der Waals surface area contributed by atoms with Gasteiger partial charge in [0, 0.05) is 31.5 Å². The van der Waals surface area contributed by atoms with Crippen LogP contribution in [0.5, 0.6) is 5.75 Å². The lowest BCUT2D eigenvalue weighted by Gasteiger charge is -2.20. The molecule has 158 valence electrons. The zero-order valence-electron chi connectivity index (χ0n) is 16.8. The molecule has 1 aromatic carbocycles. The lowest BCUT2D eigenvalue weighted by atomic mass is 9.92. The summed E-state index contributed by atoms with van der Waals surface area (Å²) in [5.41, 5.74) is 0.873. The Morgan fingerprint density at radius 3 is 2.55 bits per heavy atom. The van der Waals surface area contributed by atoms with E-state index < -0.39 is 0 Å². The van der Waals surface area contributed by atoms with E-state index in [2.05, 4.69) is 15.5 Å². The Balaban J connectivity index is 0.00000240. The number of fused-ring (bicyclic) bond motifs is 1. The normalized spacial score (nSPS) is 21.2. The maximum absolute atomic E-state index is 12.6. The molecule has 1 aromatic heterocycles. The monoisotopic (exact) mass is 420 g/mol. The smallest absolute Gasteiger partial charge is 0.227 e. The number of amides is 1. The Kier molecular flexibility index (Phi) is 7.50. The molecule has 7 nitrogen and oxygen atoms in total. The molecule has 2 fully saturated rings. The van der Waals surface area contributed by atoms with Crippen LogP contribution in [0.15, 0.2) is 28.8 Å². The van der Waals surface area contributed by atoms with E-state index in [4.69, 9.17) is 9.26 Å². The van der Waals surface area contributed by atoms with E-state index in [1.165, 1.54) is 0 Å². The van der Waals surface area contributed by atoms with Gasteiger partial charge in [-0.25, -0.2) is 0 Å². The summed E-state index contributed by atoms with van der Waals surface area (Å²) >= 11 is 0. The molecule has 8 heteroatoms. The minimum absolute atomic E-state index is 0. The predicted octanol–water partition coefficient (Wildman–Crippen LogP) is 2.95. The highest BCUT2D eigenvalue weighted by Gasteiger charge is 2.31. The Labute approximate surface area is 177 Å². The summed E-state index contributed by atoms with van der Waals surface area (Å²) in [4.78, 5) is 19.1. The SMILES string of the molecule is CCOc1ccc(-c2noc(CCC(=O)N3CC[C@@H]4CNC[C@@H]4CC3)n2)cc1.Cl. The topological polar surface area (TPSA) is 80.5 Å². The number of likely N-dealkylation sites (tertiary alicyclic amines) is 1. The third-order valence-electron chi connectivity index (χ3n) is 5.82. The van der Waals surface area contributed by atoms with Crippen molar-refractivity contribution in [1.82, 2.24) is 20.4 Å². The molecular weight excluding hydrogens is 392 g/mol. The first-order valence-electron chi connectivity index (χ1n) is 10.3. The van der Waals surface area contributed by atoms with Gasteiger partial charge in [0.1, 0.15) is 5.75 Å². The molecule has 2 aromatic rings. The summed E-state index contributed by atoms with van der Waals surface area (Å²) in [6.45, 7) is 6.52. The third-order valence-corrected chi connectivity index (χ3v) is 5.82. The number of nitrogens with one attached hydrogen (secondary N) is 1. The van der Waals surface area contributed by atoms with E-state index in [0.717, 1.165) is 62.2 Å². The number of ether oxygens (including phenoxy) is 1. The van der Waals surface area contributed by atoms with E-state index in [0.29, 0.717) is 31.2 Å². The molecule has 0 aliphatic carbocycles. The van der Waals surface area contributed by atoms with E-state index in [1.54, 1.807) is 0 Å². The fourth-order valence-electron chi connectivity index (χ4n) is 4.18. The van der Waals surface area contributed by atoms with Crippen molar-refractivity contribution in [1.29, 1.82) is 0 Å². The Morgan fingerprint density at radius 1 is 1.21 bits per heavy atom. The molecular formula is C21H29ClN4O3. The minimum Gasteiger partial charge on any atom is -0.494 e. The van der Waals surface area contributed by atoms with Gasteiger partial charge in [0.2, 0.25) is 17.6 Å². The highest BCUT2D eigenvalue weighted by atomic mass is 35.5. The molecule has 3 heterocycles. The quantitative estimate of drug-likeness (QED) is 0.773. The van der Waals surface area contributed by atoms with Crippen molar-refractivity contribution in [3.8, 4) is 17.1 Å². The number of hydrogen-bond donors (Lipinski definition) is 1. The maximum atomic E-state index is 12.6. The van der Waals surface area contributed by atoms with Crippen molar-refractivity contribution in [3.05, 3.63) is 30.2 Å². The average molecular weight is 421 g/mol. The molecule has 0 spiro atoms. The van der Waals surface area contributed by atoms with Crippen molar-refractivity contribution in [2.75, 3.05) is 32.8 Å². The number of rotatable bonds is 6. The van der Waals surface area contributed by atoms with E-state index in [9.17, 15) is 4.79 Å². The van der Waals surface area contributed by atoms with Crippen LogP contribution in [-0.2, 0) is 11.2 Å². The number of hydrogen-bond acceptors (Lipinski definition) is 6. The molecule has 1 amide bonds. The van der Waals surface area contributed by atoms with Gasteiger partial charge in [-0.15, -0.1) is 12.4 Å². The maximum Gasteiger partial charge on any atom is 0.227 e. The number of nitrogens with zero attached hydrogens (tertiary/aromatic N) is 3. The number of aryl methyl sites for hydroxylation is 1. The van der Waals surface area contributed by atoms with Gasteiger partial charge in [-0.05, 0) is 69.0 Å². The van der Waals surface area contributed by atoms with Gasteiger partial charge in [0.25, 0.3) is 0 Å². The predicted molar refractivity (Wildman–Crippen MR) is 112 cm³/mol. The zero-order valence-corrected chi connectivity index (χ0v) is 17.6. The van der Waals surface area contributed by atoms with Crippen molar-refractivity contribution >= 4 is 18.3 Å². The van der Waals surface area contributed by atoms with Crippen LogP contribution < -0.4 is 10.1 Å². The van der Waals surface area contributed by atoms with E-state index in [-0.39, 0.29) is 18.3 Å². The van der Waals surface area contributed by atoms with Crippen LogP contribution in [0.25, 0.3) is 11.4 Å². The lowest BCUT2D eigenvalue weighted by Crippen LogP contribution is -2.32. The van der Waals surface area contributed by atoms with Crippen LogP contribution in [-0.4, -0.2) is 53.7 Å².